The summed E-state index contributed by atoms with van der Waals surface area (Å²) in [5.74, 6) is -0.206. The Balaban J connectivity index is 3.69. The Morgan fingerprint density at radius 1 is 0.579 bits per heavy atom. The first kappa shape index (κ1) is 36.3. The first-order valence-electron chi connectivity index (χ1n) is 15.6. The zero-order chi connectivity index (χ0) is 27.9. The van der Waals surface area contributed by atoms with Crippen molar-refractivity contribution in [1.82, 2.24) is 4.90 Å². The highest BCUT2D eigenvalue weighted by molar-refractivity contribution is 5.69. The minimum Gasteiger partial charge on any atom is -0.465 e. The standard InChI is InChI=1S/C32H59NO5/c1-3-5-7-9-11-13-21-29-37-31(35)23-17-15-19-25-33(27-28-34)26-20-16-18-24-32(36)38-30-22-14-12-10-8-6-4-2/h11-14,34H,3-10,15-30H2,1-2H3/b13-11-,14-12-. The minimum absolute atomic E-state index is 0.103. The second-order valence-corrected chi connectivity index (χ2v) is 10.1. The van der Waals surface area contributed by atoms with Crippen molar-refractivity contribution in [2.24, 2.45) is 0 Å². The predicted octanol–water partition coefficient (Wildman–Crippen LogP) is 7.54. The zero-order valence-electron chi connectivity index (χ0n) is 24.8. The number of aliphatic hydroxyl groups excluding tert-OH is 1. The van der Waals surface area contributed by atoms with Crippen LogP contribution in [0.15, 0.2) is 24.3 Å². The highest BCUT2D eigenvalue weighted by atomic mass is 16.5. The van der Waals surface area contributed by atoms with Crippen molar-refractivity contribution < 1.29 is 24.2 Å². The van der Waals surface area contributed by atoms with Crippen LogP contribution < -0.4 is 0 Å². The molecule has 0 saturated carbocycles. The lowest BCUT2D eigenvalue weighted by atomic mass is 10.1. The van der Waals surface area contributed by atoms with Crippen molar-refractivity contribution in [2.75, 3.05) is 39.5 Å². The van der Waals surface area contributed by atoms with Crippen LogP contribution in [0.2, 0.25) is 0 Å². The third-order valence-electron chi connectivity index (χ3n) is 6.50. The van der Waals surface area contributed by atoms with E-state index in [0.717, 1.165) is 77.3 Å². The maximum atomic E-state index is 11.9. The van der Waals surface area contributed by atoms with Crippen LogP contribution in [0.25, 0.3) is 0 Å². The average Bonchev–Trinajstić information content (AvgIpc) is 2.91. The number of unbranched alkanes of at least 4 members (excludes halogenated alkanes) is 10. The Morgan fingerprint density at radius 2 is 1.03 bits per heavy atom. The van der Waals surface area contributed by atoms with Gasteiger partial charge in [0.15, 0.2) is 0 Å². The monoisotopic (exact) mass is 537 g/mol. The molecule has 6 nitrogen and oxygen atoms in total. The molecule has 0 radical (unpaired) electrons. The van der Waals surface area contributed by atoms with E-state index in [1.807, 2.05) is 0 Å². The van der Waals surface area contributed by atoms with Crippen LogP contribution in [0.3, 0.4) is 0 Å². The molecule has 0 fully saturated rings. The number of hydrogen-bond acceptors (Lipinski definition) is 6. The number of rotatable bonds is 28. The molecule has 0 bridgehead atoms. The van der Waals surface area contributed by atoms with Crippen molar-refractivity contribution in [1.29, 1.82) is 0 Å². The van der Waals surface area contributed by atoms with E-state index in [1.165, 1.54) is 38.5 Å². The van der Waals surface area contributed by atoms with Crippen molar-refractivity contribution in [3.05, 3.63) is 24.3 Å². The van der Waals surface area contributed by atoms with Crippen molar-refractivity contribution in [3.8, 4) is 0 Å². The molecule has 222 valence electrons. The van der Waals surface area contributed by atoms with Gasteiger partial charge in [-0.2, -0.15) is 0 Å². The molecule has 0 aromatic carbocycles. The number of allylic oxidation sites excluding steroid dienone is 2. The molecule has 0 saturated heterocycles. The minimum atomic E-state index is -0.103. The van der Waals surface area contributed by atoms with E-state index in [9.17, 15) is 14.7 Å². The summed E-state index contributed by atoms with van der Waals surface area (Å²) in [7, 11) is 0. The van der Waals surface area contributed by atoms with E-state index < -0.39 is 0 Å². The van der Waals surface area contributed by atoms with Crippen molar-refractivity contribution in [3.63, 3.8) is 0 Å². The lowest BCUT2D eigenvalue weighted by molar-refractivity contribution is -0.144. The van der Waals surface area contributed by atoms with E-state index in [2.05, 4.69) is 43.1 Å². The largest absolute Gasteiger partial charge is 0.465 e. The molecule has 0 spiro atoms. The number of nitrogens with zero attached hydrogens (tertiary/aromatic N) is 1. The average molecular weight is 538 g/mol. The van der Waals surface area contributed by atoms with Crippen molar-refractivity contribution >= 4 is 11.9 Å². The molecule has 38 heavy (non-hydrogen) atoms. The number of aliphatic hydroxyl groups is 1. The molecule has 0 aliphatic rings. The van der Waals surface area contributed by atoms with E-state index in [4.69, 9.17) is 9.47 Å². The molecule has 0 aliphatic heterocycles. The molecule has 0 aliphatic carbocycles. The summed E-state index contributed by atoms with van der Waals surface area (Å²) in [6.07, 6.45) is 26.5. The van der Waals surface area contributed by atoms with Gasteiger partial charge in [0.05, 0.1) is 19.8 Å². The lowest BCUT2D eigenvalue weighted by Gasteiger charge is -2.21. The highest BCUT2D eigenvalue weighted by Gasteiger charge is 2.07. The molecular formula is C32H59NO5. The van der Waals surface area contributed by atoms with Gasteiger partial charge < -0.3 is 19.5 Å². The van der Waals surface area contributed by atoms with Gasteiger partial charge in [0, 0.05) is 19.4 Å². The third kappa shape index (κ3) is 27.4. The number of carbonyl (C=O) groups is 2. The van der Waals surface area contributed by atoms with Gasteiger partial charge in [0.1, 0.15) is 0 Å². The predicted molar refractivity (Wildman–Crippen MR) is 158 cm³/mol. The summed E-state index contributed by atoms with van der Waals surface area (Å²) < 4.78 is 10.6. The fraction of sp³-hybridized carbons (Fsp3) is 0.812. The number of ether oxygens (including phenoxy) is 2. The molecule has 1 N–H and O–H groups in total. The van der Waals surface area contributed by atoms with Crippen molar-refractivity contribution in [2.45, 2.75) is 129 Å². The van der Waals surface area contributed by atoms with E-state index in [0.29, 0.717) is 32.6 Å². The van der Waals surface area contributed by atoms with Gasteiger partial charge in [-0.05, 0) is 77.3 Å². The van der Waals surface area contributed by atoms with Gasteiger partial charge in [-0.25, -0.2) is 0 Å². The van der Waals surface area contributed by atoms with Crippen LogP contribution >= 0.6 is 0 Å². The van der Waals surface area contributed by atoms with Gasteiger partial charge in [-0.1, -0.05) is 76.7 Å². The van der Waals surface area contributed by atoms with Crippen LogP contribution in [0.4, 0.5) is 0 Å². The summed E-state index contributed by atoms with van der Waals surface area (Å²) in [6, 6.07) is 0. The Bertz CT molecular complexity index is 542. The first-order valence-corrected chi connectivity index (χ1v) is 15.6. The van der Waals surface area contributed by atoms with Gasteiger partial charge in [0.25, 0.3) is 0 Å². The molecule has 0 atom stereocenters. The first-order chi connectivity index (χ1) is 18.6. The topological polar surface area (TPSA) is 76.1 Å². The van der Waals surface area contributed by atoms with Gasteiger partial charge in [-0.15, -0.1) is 0 Å². The summed E-state index contributed by atoms with van der Waals surface area (Å²) in [4.78, 5) is 26.0. The fourth-order valence-corrected chi connectivity index (χ4v) is 4.16. The smallest absolute Gasteiger partial charge is 0.305 e. The number of esters is 2. The molecule has 0 aromatic rings. The second kappa shape index (κ2) is 29.9. The Kier molecular flexibility index (Phi) is 28.6. The molecule has 0 unspecified atom stereocenters. The Hall–Kier alpha value is -1.66. The van der Waals surface area contributed by atoms with E-state index in [1.54, 1.807) is 0 Å². The van der Waals surface area contributed by atoms with Crippen LogP contribution in [-0.2, 0) is 19.1 Å². The third-order valence-corrected chi connectivity index (χ3v) is 6.50. The van der Waals surface area contributed by atoms with E-state index in [-0.39, 0.29) is 18.5 Å². The maximum absolute atomic E-state index is 11.9. The van der Waals surface area contributed by atoms with Gasteiger partial charge in [0.2, 0.25) is 0 Å². The maximum Gasteiger partial charge on any atom is 0.305 e. The van der Waals surface area contributed by atoms with E-state index >= 15 is 0 Å². The molecule has 0 aromatic heterocycles. The number of carbonyl (C=O) groups excluding carboxylic acids is 2. The summed E-state index contributed by atoms with van der Waals surface area (Å²) in [5, 5.41) is 9.36. The summed E-state index contributed by atoms with van der Waals surface area (Å²) in [5.41, 5.74) is 0. The van der Waals surface area contributed by atoms with Crippen LogP contribution in [0.1, 0.15) is 129 Å². The summed E-state index contributed by atoms with van der Waals surface area (Å²) in [6.45, 7) is 8.02. The lowest BCUT2D eigenvalue weighted by Crippen LogP contribution is -2.29. The second-order valence-electron chi connectivity index (χ2n) is 10.1. The van der Waals surface area contributed by atoms with Crippen LogP contribution in [-0.4, -0.2) is 61.4 Å². The SMILES string of the molecule is CCCCC/C=C\CCOC(=O)CCCCCN(CCO)CCCCCC(=O)OCC/C=C\CCCCC. The molecule has 0 rings (SSSR count). The molecular weight excluding hydrogens is 478 g/mol. The van der Waals surface area contributed by atoms with Gasteiger partial charge >= 0.3 is 11.9 Å². The Labute approximate surface area is 234 Å². The summed E-state index contributed by atoms with van der Waals surface area (Å²) >= 11 is 0. The number of hydrogen-bond donors (Lipinski definition) is 1. The fourth-order valence-electron chi connectivity index (χ4n) is 4.16. The zero-order valence-corrected chi connectivity index (χ0v) is 24.8. The Morgan fingerprint density at radius 3 is 1.45 bits per heavy atom. The van der Waals surface area contributed by atoms with Crippen LogP contribution in [0, 0.1) is 0 Å². The normalized spacial score (nSPS) is 11.7. The molecule has 6 heteroatoms. The molecule has 0 heterocycles. The molecule has 0 amide bonds. The quantitative estimate of drug-likeness (QED) is 0.0631. The highest BCUT2D eigenvalue weighted by Crippen LogP contribution is 2.08. The van der Waals surface area contributed by atoms with Crippen LogP contribution in [0.5, 0.6) is 0 Å². The van der Waals surface area contributed by atoms with Gasteiger partial charge in [-0.3, -0.25) is 9.59 Å².